The predicted octanol–water partition coefficient (Wildman–Crippen LogP) is -2.55. The van der Waals surface area contributed by atoms with E-state index in [-0.39, 0.29) is 29.6 Å². The SMILES string of the molecule is CCSC(C)[O-].[Na+]. The van der Waals surface area contributed by atoms with Crippen LogP contribution in [0.1, 0.15) is 13.8 Å². The van der Waals surface area contributed by atoms with Gasteiger partial charge in [0.25, 0.3) is 0 Å². The second kappa shape index (κ2) is 7.31. The van der Waals surface area contributed by atoms with Crippen molar-refractivity contribution < 1.29 is 34.7 Å². The van der Waals surface area contributed by atoms with Crippen molar-refractivity contribution >= 4 is 11.8 Å². The molecule has 7 heavy (non-hydrogen) atoms. The van der Waals surface area contributed by atoms with Crippen molar-refractivity contribution in [2.45, 2.75) is 19.3 Å². The Balaban J connectivity index is 0. The largest absolute Gasteiger partial charge is 1.00 e. The summed E-state index contributed by atoms with van der Waals surface area (Å²) in [5, 5.41) is 10.1. The van der Waals surface area contributed by atoms with Crippen molar-refractivity contribution in [3.8, 4) is 0 Å². The minimum Gasteiger partial charge on any atom is -0.844 e. The van der Waals surface area contributed by atoms with E-state index in [4.69, 9.17) is 0 Å². The maximum absolute atomic E-state index is 10.1. The molecule has 0 aliphatic carbocycles. The van der Waals surface area contributed by atoms with Gasteiger partial charge in [0.05, 0.1) is 0 Å². The molecule has 1 nitrogen and oxygen atoms in total. The number of rotatable bonds is 2. The molecular weight excluding hydrogens is 119 g/mol. The Bertz CT molecular complexity index is 32.9. The third-order valence-electron chi connectivity index (χ3n) is 0.401. The Morgan fingerprint density at radius 1 is 1.71 bits per heavy atom. The Labute approximate surface area is 71.2 Å². The van der Waals surface area contributed by atoms with Crippen molar-refractivity contribution in [1.29, 1.82) is 0 Å². The van der Waals surface area contributed by atoms with Crippen LogP contribution in [-0.4, -0.2) is 11.2 Å². The van der Waals surface area contributed by atoms with Crippen LogP contribution in [0, 0.1) is 0 Å². The van der Waals surface area contributed by atoms with Crippen molar-refractivity contribution in [3.63, 3.8) is 0 Å². The third-order valence-corrected chi connectivity index (χ3v) is 1.20. The van der Waals surface area contributed by atoms with Gasteiger partial charge in [0, 0.05) is 0 Å². The van der Waals surface area contributed by atoms with Gasteiger partial charge < -0.3 is 5.11 Å². The molecule has 0 N–H and O–H groups in total. The third kappa shape index (κ3) is 11.1. The number of hydrogen-bond donors (Lipinski definition) is 0. The molecule has 0 aromatic heterocycles. The summed E-state index contributed by atoms with van der Waals surface area (Å²) in [6, 6.07) is 0. The van der Waals surface area contributed by atoms with Crippen LogP contribution in [0.3, 0.4) is 0 Å². The van der Waals surface area contributed by atoms with Gasteiger partial charge in [-0.25, -0.2) is 0 Å². The first-order chi connectivity index (χ1) is 2.77. The minimum absolute atomic E-state index is 0. The molecular formula is C4H9NaOS. The summed E-state index contributed by atoms with van der Waals surface area (Å²) in [6.07, 6.45) is 0. The van der Waals surface area contributed by atoms with Gasteiger partial charge >= 0.3 is 29.6 Å². The molecule has 0 heterocycles. The molecule has 0 fully saturated rings. The summed E-state index contributed by atoms with van der Waals surface area (Å²) in [6.45, 7) is 3.65. The van der Waals surface area contributed by atoms with Crippen LogP contribution in [-0.2, 0) is 0 Å². The maximum Gasteiger partial charge on any atom is 1.00 e. The van der Waals surface area contributed by atoms with Gasteiger partial charge in [0.15, 0.2) is 0 Å². The van der Waals surface area contributed by atoms with E-state index in [1.807, 2.05) is 6.92 Å². The average Bonchev–Trinajstić information content (AvgIpc) is 1.35. The summed E-state index contributed by atoms with van der Waals surface area (Å²) in [5.74, 6) is 0.935. The molecule has 0 aliphatic rings. The van der Waals surface area contributed by atoms with Crippen LogP contribution in [0.5, 0.6) is 0 Å². The van der Waals surface area contributed by atoms with E-state index in [9.17, 15) is 5.11 Å². The zero-order valence-corrected chi connectivity index (χ0v) is 7.92. The molecule has 0 amide bonds. The molecule has 38 valence electrons. The molecule has 0 bridgehead atoms. The molecule has 3 heteroatoms. The predicted molar refractivity (Wildman–Crippen MR) is 27.6 cm³/mol. The van der Waals surface area contributed by atoms with Gasteiger partial charge in [0.1, 0.15) is 0 Å². The van der Waals surface area contributed by atoms with Crippen molar-refractivity contribution in [3.05, 3.63) is 0 Å². The summed E-state index contributed by atoms with van der Waals surface area (Å²) < 4.78 is 0. The second-order valence-corrected chi connectivity index (χ2v) is 2.60. The van der Waals surface area contributed by atoms with Crippen LogP contribution >= 0.6 is 11.8 Å². The average molecular weight is 128 g/mol. The monoisotopic (exact) mass is 128 g/mol. The van der Waals surface area contributed by atoms with Gasteiger partial charge in [-0.2, -0.15) is 11.8 Å². The standard InChI is InChI=1S/C4H9OS.Na/c1-3-6-4(2)5;/h4H,3H2,1-2H3;/q-1;+1. The van der Waals surface area contributed by atoms with Gasteiger partial charge in [0.2, 0.25) is 0 Å². The molecule has 0 aromatic carbocycles. The van der Waals surface area contributed by atoms with E-state index < -0.39 is 5.44 Å². The van der Waals surface area contributed by atoms with E-state index in [1.165, 1.54) is 11.8 Å². The second-order valence-electron chi connectivity index (χ2n) is 1.02. The quantitative estimate of drug-likeness (QED) is 0.302. The Morgan fingerprint density at radius 2 is 2.14 bits per heavy atom. The van der Waals surface area contributed by atoms with Gasteiger partial charge in [-0.3, -0.25) is 0 Å². The smallest absolute Gasteiger partial charge is 0.844 e. The fraction of sp³-hybridized carbons (Fsp3) is 1.00. The first kappa shape index (κ1) is 11.2. The Kier molecular flexibility index (Phi) is 11.6. The zero-order chi connectivity index (χ0) is 4.99. The molecule has 0 aromatic rings. The van der Waals surface area contributed by atoms with Gasteiger partial charge in [-0.15, -0.1) is 0 Å². The summed E-state index contributed by atoms with van der Waals surface area (Å²) >= 11 is 1.43. The minimum atomic E-state index is -0.435. The molecule has 0 rings (SSSR count). The van der Waals surface area contributed by atoms with Crippen LogP contribution < -0.4 is 34.7 Å². The zero-order valence-electron chi connectivity index (χ0n) is 5.10. The van der Waals surface area contributed by atoms with Gasteiger partial charge in [-0.05, 0) is 5.75 Å². The first-order valence-corrected chi connectivity index (χ1v) is 3.09. The van der Waals surface area contributed by atoms with Crippen molar-refractivity contribution in [2.75, 3.05) is 5.75 Å². The van der Waals surface area contributed by atoms with Crippen LogP contribution in [0.25, 0.3) is 0 Å². The number of thioether (sulfide) groups is 1. The molecule has 0 saturated carbocycles. The fourth-order valence-electron chi connectivity index (χ4n) is 0.235. The van der Waals surface area contributed by atoms with Crippen molar-refractivity contribution in [2.24, 2.45) is 0 Å². The Morgan fingerprint density at radius 3 is 2.14 bits per heavy atom. The maximum atomic E-state index is 10.1. The van der Waals surface area contributed by atoms with Crippen LogP contribution in [0.2, 0.25) is 0 Å². The number of hydrogen-bond acceptors (Lipinski definition) is 2. The summed E-state index contributed by atoms with van der Waals surface area (Å²) in [7, 11) is 0. The van der Waals surface area contributed by atoms with E-state index >= 15 is 0 Å². The first-order valence-electron chi connectivity index (χ1n) is 2.04. The van der Waals surface area contributed by atoms with Crippen molar-refractivity contribution in [1.82, 2.24) is 0 Å². The molecule has 0 aliphatic heterocycles. The molecule has 1 unspecified atom stereocenters. The topological polar surface area (TPSA) is 23.1 Å². The van der Waals surface area contributed by atoms with E-state index in [0.29, 0.717) is 0 Å². The molecule has 0 radical (unpaired) electrons. The molecule has 1 atom stereocenters. The molecule has 0 spiro atoms. The summed E-state index contributed by atoms with van der Waals surface area (Å²) in [4.78, 5) is 0. The normalized spacial score (nSPS) is 12.4. The van der Waals surface area contributed by atoms with E-state index in [1.54, 1.807) is 6.92 Å². The van der Waals surface area contributed by atoms with Gasteiger partial charge in [-0.1, -0.05) is 19.3 Å². The summed E-state index contributed by atoms with van der Waals surface area (Å²) in [5.41, 5.74) is -0.435. The Hall–Kier alpha value is 1.31. The van der Waals surface area contributed by atoms with E-state index in [2.05, 4.69) is 0 Å². The van der Waals surface area contributed by atoms with E-state index in [0.717, 1.165) is 5.75 Å². The van der Waals surface area contributed by atoms with Crippen LogP contribution in [0.15, 0.2) is 0 Å². The van der Waals surface area contributed by atoms with Crippen LogP contribution in [0.4, 0.5) is 0 Å². The molecule has 0 saturated heterocycles. The fourth-order valence-corrected chi connectivity index (χ4v) is 0.704.